The maximum absolute atomic E-state index is 12.2. The third-order valence-electron chi connectivity index (χ3n) is 4.55. The second kappa shape index (κ2) is 7.69. The van der Waals surface area contributed by atoms with E-state index in [9.17, 15) is 4.79 Å². The number of hydrogen-bond donors (Lipinski definition) is 0. The summed E-state index contributed by atoms with van der Waals surface area (Å²) in [5.74, 6) is 0.0850. The highest BCUT2D eigenvalue weighted by Crippen LogP contribution is 2.23. The molecule has 1 amide bonds. The van der Waals surface area contributed by atoms with Crippen LogP contribution in [-0.4, -0.2) is 16.6 Å². The maximum Gasteiger partial charge on any atom is 0.243 e. The Kier molecular flexibility index (Phi) is 5.36. The van der Waals surface area contributed by atoms with Gasteiger partial charge in [0.1, 0.15) is 0 Å². The Morgan fingerprint density at radius 3 is 2.31 bits per heavy atom. The summed E-state index contributed by atoms with van der Waals surface area (Å²) >= 11 is 0. The van der Waals surface area contributed by atoms with Crippen molar-refractivity contribution in [3.05, 3.63) is 77.4 Å². The van der Waals surface area contributed by atoms with E-state index in [4.69, 9.17) is 0 Å². The normalized spacial score (nSPS) is 15.4. The van der Waals surface area contributed by atoms with Crippen LogP contribution in [0.4, 0.5) is 0 Å². The SMILES string of the molecule is CC(C)(C)c1ccc(CN2N=C(/C=C/c3ccccc3)CCC2=O)cc1. The Labute approximate surface area is 156 Å². The molecule has 2 aromatic rings. The molecule has 0 N–H and O–H groups in total. The lowest BCUT2D eigenvalue weighted by Crippen LogP contribution is -2.30. The second-order valence-corrected chi connectivity index (χ2v) is 7.73. The van der Waals surface area contributed by atoms with Crippen molar-refractivity contribution in [2.75, 3.05) is 0 Å². The first kappa shape index (κ1) is 18.1. The predicted molar refractivity (Wildman–Crippen MR) is 108 cm³/mol. The lowest BCUT2D eigenvalue weighted by atomic mass is 9.87. The van der Waals surface area contributed by atoms with E-state index in [1.54, 1.807) is 5.01 Å². The van der Waals surface area contributed by atoms with Crippen molar-refractivity contribution >= 4 is 17.7 Å². The van der Waals surface area contributed by atoms with Crippen LogP contribution in [0.15, 0.2) is 65.8 Å². The number of amides is 1. The minimum absolute atomic E-state index is 0.0850. The van der Waals surface area contributed by atoms with Crippen molar-refractivity contribution in [3.8, 4) is 0 Å². The maximum atomic E-state index is 12.2. The number of nitrogens with zero attached hydrogens (tertiary/aromatic N) is 2. The summed E-state index contributed by atoms with van der Waals surface area (Å²) in [4.78, 5) is 12.2. The summed E-state index contributed by atoms with van der Waals surface area (Å²) in [5, 5.41) is 6.16. The monoisotopic (exact) mass is 346 g/mol. The van der Waals surface area contributed by atoms with E-state index in [0.29, 0.717) is 19.4 Å². The van der Waals surface area contributed by atoms with Gasteiger partial charge in [-0.3, -0.25) is 4.79 Å². The highest BCUT2D eigenvalue weighted by Gasteiger charge is 2.20. The quantitative estimate of drug-likeness (QED) is 0.751. The highest BCUT2D eigenvalue weighted by atomic mass is 16.2. The van der Waals surface area contributed by atoms with E-state index in [1.807, 2.05) is 30.4 Å². The Hall–Kier alpha value is -2.68. The van der Waals surface area contributed by atoms with Crippen LogP contribution >= 0.6 is 0 Å². The molecule has 0 atom stereocenters. The molecule has 1 heterocycles. The molecule has 0 aromatic heterocycles. The van der Waals surface area contributed by atoms with Crippen LogP contribution in [0.3, 0.4) is 0 Å². The van der Waals surface area contributed by atoms with E-state index >= 15 is 0 Å². The smallest absolute Gasteiger partial charge is 0.243 e. The van der Waals surface area contributed by atoms with E-state index in [2.05, 4.69) is 62.3 Å². The summed E-state index contributed by atoms with van der Waals surface area (Å²) < 4.78 is 0. The van der Waals surface area contributed by atoms with Gasteiger partial charge in [0.25, 0.3) is 0 Å². The second-order valence-electron chi connectivity index (χ2n) is 7.73. The molecular weight excluding hydrogens is 320 g/mol. The molecular formula is C23H26N2O. The summed E-state index contributed by atoms with van der Waals surface area (Å²) in [6.07, 6.45) is 5.27. The fourth-order valence-electron chi connectivity index (χ4n) is 2.90. The zero-order valence-electron chi connectivity index (χ0n) is 15.8. The molecule has 0 spiro atoms. The minimum Gasteiger partial charge on any atom is -0.273 e. The van der Waals surface area contributed by atoms with Gasteiger partial charge < -0.3 is 0 Å². The fraction of sp³-hybridized carbons (Fsp3) is 0.304. The van der Waals surface area contributed by atoms with Crippen molar-refractivity contribution in [2.45, 2.75) is 45.6 Å². The van der Waals surface area contributed by atoms with Crippen LogP contribution in [0.2, 0.25) is 0 Å². The Balaban J connectivity index is 1.72. The molecule has 0 unspecified atom stereocenters. The lowest BCUT2D eigenvalue weighted by Gasteiger charge is -2.23. The Bertz CT molecular complexity index is 812. The Morgan fingerprint density at radius 1 is 0.962 bits per heavy atom. The first-order valence-corrected chi connectivity index (χ1v) is 9.12. The van der Waals surface area contributed by atoms with Crippen molar-refractivity contribution in [1.29, 1.82) is 0 Å². The first-order valence-electron chi connectivity index (χ1n) is 9.12. The molecule has 0 bridgehead atoms. The molecule has 26 heavy (non-hydrogen) atoms. The number of hydrazone groups is 1. The summed E-state index contributed by atoms with van der Waals surface area (Å²) in [6.45, 7) is 7.12. The van der Waals surface area contributed by atoms with Gasteiger partial charge >= 0.3 is 0 Å². The van der Waals surface area contributed by atoms with Crippen molar-refractivity contribution in [1.82, 2.24) is 5.01 Å². The van der Waals surface area contributed by atoms with Crippen molar-refractivity contribution < 1.29 is 4.79 Å². The molecule has 134 valence electrons. The molecule has 3 rings (SSSR count). The van der Waals surface area contributed by atoms with Gasteiger partial charge in [0.2, 0.25) is 5.91 Å². The first-order chi connectivity index (χ1) is 12.4. The topological polar surface area (TPSA) is 32.7 Å². The summed E-state index contributed by atoms with van der Waals surface area (Å²) in [6, 6.07) is 18.6. The van der Waals surface area contributed by atoms with Gasteiger partial charge in [-0.05, 0) is 28.2 Å². The van der Waals surface area contributed by atoms with Gasteiger partial charge in [0.15, 0.2) is 0 Å². The summed E-state index contributed by atoms with van der Waals surface area (Å²) in [7, 11) is 0. The third-order valence-corrected chi connectivity index (χ3v) is 4.55. The largest absolute Gasteiger partial charge is 0.273 e. The summed E-state index contributed by atoms with van der Waals surface area (Å²) in [5.41, 5.74) is 4.60. The van der Waals surface area contributed by atoms with E-state index in [-0.39, 0.29) is 11.3 Å². The van der Waals surface area contributed by atoms with E-state index in [1.165, 1.54) is 5.56 Å². The zero-order chi connectivity index (χ0) is 18.6. The van der Waals surface area contributed by atoms with Crippen LogP contribution in [-0.2, 0) is 16.8 Å². The van der Waals surface area contributed by atoms with E-state index in [0.717, 1.165) is 16.8 Å². The van der Waals surface area contributed by atoms with Gasteiger partial charge in [0, 0.05) is 12.8 Å². The number of hydrogen-bond acceptors (Lipinski definition) is 2. The van der Waals surface area contributed by atoms with Gasteiger partial charge in [-0.25, -0.2) is 5.01 Å². The van der Waals surface area contributed by atoms with Crippen LogP contribution in [0.5, 0.6) is 0 Å². The number of benzene rings is 2. The average molecular weight is 346 g/mol. The average Bonchev–Trinajstić information content (AvgIpc) is 2.63. The molecule has 2 aromatic carbocycles. The molecule has 3 heteroatoms. The fourth-order valence-corrected chi connectivity index (χ4v) is 2.90. The number of allylic oxidation sites excluding steroid dienone is 1. The number of rotatable bonds is 4. The molecule has 0 radical (unpaired) electrons. The van der Waals surface area contributed by atoms with Gasteiger partial charge in [0.05, 0.1) is 12.3 Å². The van der Waals surface area contributed by atoms with Crippen LogP contribution in [0, 0.1) is 0 Å². The molecule has 0 aliphatic carbocycles. The van der Waals surface area contributed by atoms with Gasteiger partial charge in [-0.15, -0.1) is 0 Å². The molecule has 0 fully saturated rings. The van der Waals surface area contributed by atoms with Gasteiger partial charge in [-0.2, -0.15) is 5.10 Å². The van der Waals surface area contributed by atoms with Crippen molar-refractivity contribution in [2.24, 2.45) is 5.10 Å². The third kappa shape index (κ3) is 4.69. The standard InChI is InChI=1S/C23H26N2O/c1-23(2,3)20-12-9-19(10-13-20)17-25-22(26)16-15-21(24-25)14-11-18-7-5-4-6-8-18/h4-14H,15-17H2,1-3H3/b14-11+. The number of carbonyl (C=O) groups is 1. The van der Waals surface area contributed by atoms with E-state index < -0.39 is 0 Å². The highest BCUT2D eigenvalue weighted by molar-refractivity contribution is 6.02. The molecule has 1 aliphatic heterocycles. The zero-order valence-corrected chi connectivity index (χ0v) is 15.8. The molecule has 0 saturated carbocycles. The van der Waals surface area contributed by atoms with Crippen LogP contribution < -0.4 is 0 Å². The molecule has 3 nitrogen and oxygen atoms in total. The molecule has 0 saturated heterocycles. The van der Waals surface area contributed by atoms with Gasteiger partial charge in [-0.1, -0.05) is 81.4 Å². The minimum atomic E-state index is 0.0850. The number of carbonyl (C=O) groups excluding carboxylic acids is 1. The van der Waals surface area contributed by atoms with Crippen molar-refractivity contribution in [3.63, 3.8) is 0 Å². The predicted octanol–water partition coefficient (Wildman–Crippen LogP) is 5.18. The molecule has 1 aliphatic rings. The van der Waals surface area contributed by atoms with Crippen LogP contribution in [0.25, 0.3) is 6.08 Å². The van der Waals surface area contributed by atoms with Crippen LogP contribution in [0.1, 0.15) is 50.3 Å². The lowest BCUT2D eigenvalue weighted by molar-refractivity contribution is -0.132. The Morgan fingerprint density at radius 2 is 1.65 bits per heavy atom.